The minimum atomic E-state index is -1.02. The van der Waals surface area contributed by atoms with Crippen molar-refractivity contribution in [2.24, 2.45) is 0 Å². The molecule has 1 heterocycles. The van der Waals surface area contributed by atoms with Crippen LogP contribution in [0.1, 0.15) is 27.7 Å². The number of nitrogens with zero attached hydrogens (tertiary/aromatic N) is 1. The second-order valence-electron chi connectivity index (χ2n) is 4.75. The summed E-state index contributed by atoms with van der Waals surface area (Å²) in [5.41, 5.74) is 0.703. The normalized spacial score (nSPS) is 10.5. The fourth-order valence-electron chi connectivity index (χ4n) is 2.16. The Kier molecular flexibility index (Phi) is 5.57. The number of amides is 1. The number of benzene rings is 1. The minimum Gasteiger partial charge on any atom is -0.478 e. The van der Waals surface area contributed by atoms with Crippen LogP contribution in [0.2, 0.25) is 4.34 Å². The van der Waals surface area contributed by atoms with Crippen LogP contribution < -0.4 is 0 Å². The molecule has 0 aliphatic heterocycles. The van der Waals surface area contributed by atoms with E-state index in [0.717, 1.165) is 4.88 Å². The Bertz CT molecular complexity index is 684. The fraction of sp³-hybridized carbons (Fsp3) is 0.250. The van der Waals surface area contributed by atoms with E-state index in [4.69, 9.17) is 11.6 Å². The lowest BCUT2D eigenvalue weighted by atomic mass is 10.0. The number of carboxylic acids is 1. The highest BCUT2D eigenvalue weighted by Gasteiger charge is 2.17. The van der Waals surface area contributed by atoms with E-state index < -0.39 is 5.97 Å². The van der Waals surface area contributed by atoms with Crippen molar-refractivity contribution < 1.29 is 14.7 Å². The van der Waals surface area contributed by atoms with Crippen LogP contribution in [-0.2, 0) is 17.8 Å². The highest BCUT2D eigenvalue weighted by atomic mass is 35.5. The zero-order chi connectivity index (χ0) is 16.1. The number of carbonyl (C=O) groups excluding carboxylic acids is 1. The van der Waals surface area contributed by atoms with Gasteiger partial charge in [0.25, 0.3) is 0 Å². The van der Waals surface area contributed by atoms with Gasteiger partial charge in [-0.1, -0.05) is 29.8 Å². The molecular weight excluding hydrogens is 322 g/mol. The van der Waals surface area contributed by atoms with Gasteiger partial charge >= 0.3 is 5.97 Å². The Morgan fingerprint density at radius 1 is 1.23 bits per heavy atom. The maximum absolute atomic E-state index is 12.4. The molecule has 1 amide bonds. The van der Waals surface area contributed by atoms with Gasteiger partial charge in [0.15, 0.2) is 0 Å². The zero-order valence-corrected chi connectivity index (χ0v) is 13.7. The molecule has 1 aromatic heterocycles. The lowest BCUT2D eigenvalue weighted by Crippen LogP contribution is -2.31. The smallest absolute Gasteiger partial charge is 0.335 e. The van der Waals surface area contributed by atoms with Gasteiger partial charge in [-0.2, -0.15) is 0 Å². The Morgan fingerprint density at radius 3 is 2.55 bits per heavy atom. The van der Waals surface area contributed by atoms with E-state index in [1.54, 1.807) is 29.2 Å². The molecule has 116 valence electrons. The molecule has 0 aliphatic carbocycles. The number of hydrogen-bond donors (Lipinski definition) is 1. The molecule has 0 spiro atoms. The summed E-state index contributed by atoms with van der Waals surface area (Å²) < 4.78 is 0.690. The second-order valence-corrected chi connectivity index (χ2v) is 6.55. The van der Waals surface area contributed by atoms with Gasteiger partial charge < -0.3 is 10.0 Å². The Hall–Kier alpha value is -1.85. The number of thiophene rings is 1. The van der Waals surface area contributed by atoms with Crippen molar-refractivity contribution in [3.8, 4) is 0 Å². The molecule has 2 aromatic rings. The second kappa shape index (κ2) is 7.42. The minimum absolute atomic E-state index is 0.0788. The zero-order valence-electron chi connectivity index (χ0n) is 12.1. The predicted molar refractivity (Wildman–Crippen MR) is 87.5 cm³/mol. The summed E-state index contributed by atoms with van der Waals surface area (Å²) >= 11 is 7.34. The van der Waals surface area contributed by atoms with Gasteiger partial charge in [-0.15, -0.1) is 11.3 Å². The van der Waals surface area contributed by atoms with Crippen molar-refractivity contribution in [3.63, 3.8) is 0 Å². The average Bonchev–Trinajstić information content (AvgIpc) is 2.90. The molecule has 0 unspecified atom stereocenters. The molecule has 1 N–H and O–H groups in total. The summed E-state index contributed by atoms with van der Waals surface area (Å²) in [6.45, 7) is 2.95. The van der Waals surface area contributed by atoms with Crippen molar-refractivity contribution in [2.45, 2.75) is 19.9 Å². The molecule has 22 heavy (non-hydrogen) atoms. The maximum Gasteiger partial charge on any atom is 0.335 e. The molecule has 0 fully saturated rings. The van der Waals surface area contributed by atoms with Crippen molar-refractivity contribution in [2.75, 3.05) is 6.54 Å². The average molecular weight is 338 g/mol. The van der Waals surface area contributed by atoms with E-state index in [1.165, 1.54) is 17.4 Å². The predicted octanol–water partition coefficient (Wildman–Crippen LogP) is 3.69. The van der Waals surface area contributed by atoms with Crippen LogP contribution in [0.5, 0.6) is 0 Å². The molecule has 4 nitrogen and oxygen atoms in total. The molecule has 0 saturated carbocycles. The monoisotopic (exact) mass is 337 g/mol. The number of hydrogen-bond acceptors (Lipinski definition) is 3. The van der Waals surface area contributed by atoms with Gasteiger partial charge in [-0.3, -0.25) is 4.79 Å². The molecule has 6 heteroatoms. The van der Waals surface area contributed by atoms with E-state index in [9.17, 15) is 14.7 Å². The number of carbonyl (C=O) groups is 2. The lowest BCUT2D eigenvalue weighted by molar-refractivity contribution is -0.130. The number of aromatic carboxylic acids is 1. The summed E-state index contributed by atoms with van der Waals surface area (Å²) in [4.78, 5) is 26.3. The highest BCUT2D eigenvalue weighted by molar-refractivity contribution is 7.16. The van der Waals surface area contributed by atoms with Gasteiger partial charge in [-0.25, -0.2) is 4.79 Å². The summed E-state index contributed by atoms with van der Waals surface area (Å²) in [5.74, 6) is -1.11. The Balaban J connectivity index is 2.11. The molecule has 0 saturated heterocycles. The van der Waals surface area contributed by atoms with E-state index in [2.05, 4.69) is 0 Å². The molecular formula is C16H16ClNO3S. The summed E-state index contributed by atoms with van der Waals surface area (Å²) in [7, 11) is 0. The maximum atomic E-state index is 12.4. The Labute approximate surface area is 137 Å². The van der Waals surface area contributed by atoms with Crippen LogP contribution in [0.4, 0.5) is 0 Å². The van der Waals surface area contributed by atoms with Crippen LogP contribution in [0.25, 0.3) is 0 Å². The van der Waals surface area contributed by atoms with Crippen LogP contribution in [0, 0.1) is 0 Å². The standard InChI is InChI=1S/C16H16ClNO3S/c1-2-18(10-12-7-8-14(17)22-12)15(19)9-11-5-3-4-6-13(11)16(20)21/h3-8H,2,9-10H2,1H3,(H,20,21). The number of rotatable bonds is 6. The topological polar surface area (TPSA) is 57.6 Å². The van der Waals surface area contributed by atoms with Gasteiger partial charge in [0.1, 0.15) is 0 Å². The molecule has 0 aliphatic rings. The van der Waals surface area contributed by atoms with Crippen LogP contribution in [0.3, 0.4) is 0 Å². The van der Waals surface area contributed by atoms with Crippen molar-refractivity contribution in [1.82, 2.24) is 4.90 Å². The third-order valence-corrected chi connectivity index (χ3v) is 4.52. The van der Waals surface area contributed by atoms with E-state index in [0.29, 0.717) is 23.0 Å². The number of likely N-dealkylation sites (N-methyl/N-ethyl adjacent to an activating group) is 1. The molecule has 1 aromatic carbocycles. The quantitative estimate of drug-likeness (QED) is 0.874. The van der Waals surface area contributed by atoms with Gasteiger partial charge in [0.2, 0.25) is 5.91 Å². The first kappa shape index (κ1) is 16.5. The summed E-state index contributed by atoms with van der Waals surface area (Å²) in [6, 6.07) is 10.3. The first-order valence-electron chi connectivity index (χ1n) is 6.84. The SMILES string of the molecule is CCN(Cc1ccc(Cl)s1)C(=O)Cc1ccccc1C(=O)O. The van der Waals surface area contributed by atoms with Crippen molar-refractivity contribution in [3.05, 3.63) is 56.7 Å². The van der Waals surface area contributed by atoms with Crippen LogP contribution in [-0.4, -0.2) is 28.4 Å². The van der Waals surface area contributed by atoms with Crippen LogP contribution in [0.15, 0.2) is 36.4 Å². The summed E-state index contributed by atoms with van der Waals surface area (Å²) in [6.07, 6.45) is 0.0788. The third kappa shape index (κ3) is 4.08. The first-order chi connectivity index (χ1) is 10.5. The van der Waals surface area contributed by atoms with Crippen molar-refractivity contribution in [1.29, 1.82) is 0 Å². The molecule has 0 radical (unpaired) electrons. The summed E-state index contributed by atoms with van der Waals surface area (Å²) in [5, 5.41) is 9.17. The van der Waals surface area contributed by atoms with Crippen molar-refractivity contribution >= 4 is 34.8 Å². The van der Waals surface area contributed by atoms with E-state index in [-0.39, 0.29) is 17.9 Å². The fourth-order valence-corrected chi connectivity index (χ4v) is 3.26. The van der Waals surface area contributed by atoms with E-state index in [1.807, 2.05) is 13.0 Å². The molecule has 0 atom stereocenters. The van der Waals surface area contributed by atoms with Gasteiger partial charge in [-0.05, 0) is 30.7 Å². The highest BCUT2D eigenvalue weighted by Crippen LogP contribution is 2.23. The number of halogens is 1. The van der Waals surface area contributed by atoms with Gasteiger partial charge in [0, 0.05) is 11.4 Å². The largest absolute Gasteiger partial charge is 0.478 e. The lowest BCUT2D eigenvalue weighted by Gasteiger charge is -2.20. The molecule has 2 rings (SSSR count). The molecule has 0 bridgehead atoms. The van der Waals surface area contributed by atoms with Crippen LogP contribution >= 0.6 is 22.9 Å². The van der Waals surface area contributed by atoms with E-state index >= 15 is 0 Å². The van der Waals surface area contributed by atoms with Gasteiger partial charge in [0.05, 0.1) is 22.9 Å². The number of carboxylic acid groups (broad SMARTS) is 1. The Morgan fingerprint density at radius 2 is 1.95 bits per heavy atom. The first-order valence-corrected chi connectivity index (χ1v) is 8.04. The third-order valence-electron chi connectivity index (χ3n) is 3.30.